The first-order valence-electron chi connectivity index (χ1n) is 3.81. The van der Waals surface area contributed by atoms with Crippen molar-refractivity contribution in [1.29, 1.82) is 0 Å². The fraction of sp³-hybridized carbons (Fsp3) is 0.625. The second-order valence-electron chi connectivity index (χ2n) is 1.94. The third-order valence-corrected chi connectivity index (χ3v) is 1.18. The molecular weight excluding hydrogens is 178 g/mol. The normalized spacial score (nSPS) is 8.17. The van der Waals surface area contributed by atoms with E-state index in [1.54, 1.807) is 0 Å². The first-order valence-corrected chi connectivity index (χ1v) is 4.34. The van der Waals surface area contributed by atoms with E-state index in [2.05, 4.69) is 18.8 Å². The van der Waals surface area contributed by atoms with Gasteiger partial charge in [0, 0.05) is 12.0 Å². The molecule has 0 fully saturated rings. The third kappa shape index (κ3) is 22.7. The van der Waals surface area contributed by atoms with Gasteiger partial charge in [-0.2, -0.15) is 0 Å². The van der Waals surface area contributed by atoms with Crippen LogP contribution < -0.4 is 5.32 Å². The van der Waals surface area contributed by atoms with Crippen molar-refractivity contribution >= 4 is 17.6 Å². The minimum Gasteiger partial charge on any atom is -0.478 e. The Morgan fingerprint density at radius 2 is 2.25 bits per heavy atom. The van der Waals surface area contributed by atoms with Gasteiger partial charge in [-0.1, -0.05) is 13.5 Å². The molecule has 0 aromatic heterocycles. The molecule has 72 valence electrons. The first kappa shape index (κ1) is 14.0. The van der Waals surface area contributed by atoms with Crippen molar-refractivity contribution in [2.45, 2.75) is 13.3 Å². The van der Waals surface area contributed by atoms with Crippen LogP contribution in [0.1, 0.15) is 13.3 Å². The summed E-state index contributed by atoms with van der Waals surface area (Å²) in [7, 11) is 0. The van der Waals surface area contributed by atoms with Gasteiger partial charge in [0.2, 0.25) is 0 Å². The van der Waals surface area contributed by atoms with Crippen molar-refractivity contribution in [3.8, 4) is 0 Å². The van der Waals surface area contributed by atoms with Crippen molar-refractivity contribution in [2.24, 2.45) is 0 Å². The zero-order valence-electron chi connectivity index (χ0n) is 7.35. The molecule has 0 saturated carbocycles. The molecule has 0 rings (SSSR count). The van der Waals surface area contributed by atoms with E-state index in [9.17, 15) is 4.79 Å². The lowest BCUT2D eigenvalue weighted by Gasteiger charge is -1.94. The average molecular weight is 194 g/mol. The quantitative estimate of drug-likeness (QED) is 0.395. The van der Waals surface area contributed by atoms with Gasteiger partial charge in [-0.15, -0.1) is 11.6 Å². The average Bonchev–Trinajstić information content (AvgIpc) is 2.07. The Bertz CT molecular complexity index is 114. The number of carboxylic acid groups (broad SMARTS) is 1. The van der Waals surface area contributed by atoms with E-state index in [4.69, 9.17) is 16.7 Å². The Labute approximate surface area is 78.4 Å². The molecule has 0 aliphatic heterocycles. The molecule has 0 radical (unpaired) electrons. The van der Waals surface area contributed by atoms with Crippen molar-refractivity contribution < 1.29 is 9.90 Å². The summed E-state index contributed by atoms with van der Waals surface area (Å²) >= 11 is 5.40. The SMILES string of the molecule is C=CC(=O)O.CCNCCCCl. The lowest BCUT2D eigenvalue weighted by Crippen LogP contribution is -2.13. The van der Waals surface area contributed by atoms with Crippen molar-refractivity contribution in [1.82, 2.24) is 5.32 Å². The summed E-state index contributed by atoms with van der Waals surface area (Å²) in [6.07, 6.45) is 1.91. The van der Waals surface area contributed by atoms with Gasteiger partial charge >= 0.3 is 5.97 Å². The van der Waals surface area contributed by atoms with E-state index in [-0.39, 0.29) is 0 Å². The lowest BCUT2D eigenvalue weighted by atomic mass is 10.5. The summed E-state index contributed by atoms with van der Waals surface area (Å²) in [6.45, 7) is 7.16. The second-order valence-corrected chi connectivity index (χ2v) is 2.32. The molecule has 4 heteroatoms. The highest BCUT2D eigenvalue weighted by atomic mass is 35.5. The summed E-state index contributed by atoms with van der Waals surface area (Å²) in [4.78, 5) is 9.25. The number of carboxylic acids is 1. The molecule has 0 bridgehead atoms. The van der Waals surface area contributed by atoms with Crippen LogP contribution in [0.25, 0.3) is 0 Å². The Morgan fingerprint density at radius 3 is 2.50 bits per heavy atom. The molecule has 0 saturated heterocycles. The first-order chi connectivity index (χ1) is 5.68. The van der Waals surface area contributed by atoms with Gasteiger partial charge in [0.1, 0.15) is 0 Å². The molecule has 12 heavy (non-hydrogen) atoms. The summed E-state index contributed by atoms with van der Waals surface area (Å²) in [6, 6.07) is 0. The number of hydrogen-bond donors (Lipinski definition) is 2. The van der Waals surface area contributed by atoms with Crippen molar-refractivity contribution in [3.63, 3.8) is 0 Å². The number of halogens is 1. The number of alkyl halides is 1. The maximum absolute atomic E-state index is 9.25. The molecule has 0 aromatic carbocycles. The highest BCUT2D eigenvalue weighted by Gasteiger charge is 1.78. The zero-order valence-corrected chi connectivity index (χ0v) is 8.10. The molecule has 3 nitrogen and oxygen atoms in total. The van der Waals surface area contributed by atoms with E-state index >= 15 is 0 Å². The zero-order chi connectivity index (χ0) is 9.82. The maximum atomic E-state index is 9.25. The second kappa shape index (κ2) is 13.1. The minimum atomic E-state index is -0.981. The fourth-order valence-electron chi connectivity index (χ4n) is 0.369. The molecule has 0 amide bonds. The van der Waals surface area contributed by atoms with Gasteiger partial charge in [0.15, 0.2) is 0 Å². The summed E-state index contributed by atoms with van der Waals surface area (Å²) in [5, 5.41) is 10.8. The van der Waals surface area contributed by atoms with E-state index in [1.165, 1.54) is 0 Å². The van der Waals surface area contributed by atoms with Crippen LogP contribution in [-0.4, -0.2) is 30.0 Å². The molecule has 0 aromatic rings. The largest absolute Gasteiger partial charge is 0.478 e. The standard InChI is InChI=1S/C5H12ClN.C3H4O2/c1-2-7-5-3-4-6;1-2-3(4)5/h7H,2-5H2,1H3;2H,1H2,(H,4,5). The van der Waals surface area contributed by atoms with Crippen LogP contribution in [0.4, 0.5) is 0 Å². The molecule has 0 aliphatic carbocycles. The Balaban J connectivity index is 0. The highest BCUT2D eigenvalue weighted by molar-refractivity contribution is 6.17. The Kier molecular flexibility index (Phi) is 15.3. The summed E-state index contributed by atoms with van der Waals surface area (Å²) in [5.74, 6) is -0.211. The lowest BCUT2D eigenvalue weighted by molar-refractivity contribution is -0.131. The number of hydrogen-bond acceptors (Lipinski definition) is 2. The van der Waals surface area contributed by atoms with Crippen molar-refractivity contribution in [2.75, 3.05) is 19.0 Å². The molecule has 0 atom stereocenters. The van der Waals surface area contributed by atoms with Crippen LogP contribution in [-0.2, 0) is 4.79 Å². The van der Waals surface area contributed by atoms with Crippen LogP contribution >= 0.6 is 11.6 Å². The number of aliphatic carboxylic acids is 1. The smallest absolute Gasteiger partial charge is 0.327 e. The van der Waals surface area contributed by atoms with Gasteiger partial charge in [-0.25, -0.2) is 4.79 Å². The van der Waals surface area contributed by atoms with Crippen LogP contribution in [0, 0.1) is 0 Å². The van der Waals surface area contributed by atoms with Crippen LogP contribution in [0.15, 0.2) is 12.7 Å². The van der Waals surface area contributed by atoms with Crippen molar-refractivity contribution in [3.05, 3.63) is 12.7 Å². The number of carbonyl (C=O) groups is 1. The fourth-order valence-corrected chi connectivity index (χ4v) is 0.502. The predicted octanol–water partition coefficient (Wildman–Crippen LogP) is 1.48. The van der Waals surface area contributed by atoms with Gasteiger partial charge in [-0.05, 0) is 19.5 Å². The number of nitrogens with one attached hydrogen (secondary N) is 1. The van der Waals surface area contributed by atoms with Gasteiger partial charge in [-0.3, -0.25) is 0 Å². The topological polar surface area (TPSA) is 49.3 Å². The van der Waals surface area contributed by atoms with Gasteiger partial charge in [0.25, 0.3) is 0 Å². The molecular formula is C8H16ClNO2. The maximum Gasteiger partial charge on any atom is 0.327 e. The minimum absolute atomic E-state index is 0.771. The summed E-state index contributed by atoms with van der Waals surface area (Å²) in [5.41, 5.74) is 0. The Morgan fingerprint density at radius 1 is 1.75 bits per heavy atom. The predicted molar refractivity (Wildman–Crippen MR) is 51.7 cm³/mol. The van der Waals surface area contributed by atoms with E-state index < -0.39 is 5.97 Å². The molecule has 0 unspecified atom stereocenters. The van der Waals surface area contributed by atoms with E-state index in [0.29, 0.717) is 0 Å². The van der Waals surface area contributed by atoms with E-state index in [1.807, 2.05) is 0 Å². The van der Waals surface area contributed by atoms with Crippen LogP contribution in [0.3, 0.4) is 0 Å². The summed E-state index contributed by atoms with van der Waals surface area (Å²) < 4.78 is 0. The van der Waals surface area contributed by atoms with Gasteiger partial charge < -0.3 is 10.4 Å². The van der Waals surface area contributed by atoms with E-state index in [0.717, 1.165) is 31.5 Å². The monoisotopic (exact) mass is 193 g/mol. The number of rotatable bonds is 5. The molecule has 0 aliphatic rings. The molecule has 0 spiro atoms. The van der Waals surface area contributed by atoms with Crippen LogP contribution in [0.5, 0.6) is 0 Å². The molecule has 0 heterocycles. The third-order valence-electron chi connectivity index (χ3n) is 0.912. The highest BCUT2D eigenvalue weighted by Crippen LogP contribution is 1.79. The molecule has 2 N–H and O–H groups in total. The Hall–Kier alpha value is -0.540. The van der Waals surface area contributed by atoms with Crippen LogP contribution in [0.2, 0.25) is 0 Å². The van der Waals surface area contributed by atoms with Gasteiger partial charge in [0.05, 0.1) is 0 Å².